The van der Waals surface area contributed by atoms with E-state index in [1.165, 1.54) is 25.1 Å². The normalized spacial score (nSPS) is 10.5. The molecular weight excluding hydrogens is 402 g/mol. The molecule has 2 aromatic carbocycles. The average molecular weight is 425 g/mol. The predicted molar refractivity (Wildman–Crippen MR) is 115 cm³/mol. The molecule has 1 amide bonds. The van der Waals surface area contributed by atoms with Gasteiger partial charge in [-0.15, -0.1) is 0 Å². The van der Waals surface area contributed by atoms with Crippen molar-refractivity contribution in [2.24, 2.45) is 0 Å². The van der Waals surface area contributed by atoms with E-state index in [4.69, 9.17) is 14.2 Å². The highest BCUT2D eigenvalue weighted by molar-refractivity contribution is 5.93. The van der Waals surface area contributed by atoms with Gasteiger partial charge < -0.3 is 19.5 Å². The zero-order valence-corrected chi connectivity index (χ0v) is 17.5. The van der Waals surface area contributed by atoms with Gasteiger partial charge in [-0.3, -0.25) is 14.2 Å². The topological polar surface area (TPSA) is 109 Å². The maximum Gasteiger partial charge on any atom is 0.338 e. The van der Waals surface area contributed by atoms with Crippen LogP contribution in [0.25, 0.3) is 10.9 Å². The molecule has 0 saturated heterocycles. The molecule has 0 aliphatic heterocycles. The number of nitrogens with one attached hydrogen (secondary N) is 1. The summed E-state index contributed by atoms with van der Waals surface area (Å²) in [6, 6.07) is 9.60. The molecule has 0 radical (unpaired) electrons. The van der Waals surface area contributed by atoms with Crippen molar-refractivity contribution in [3.8, 4) is 11.5 Å². The molecule has 0 atom stereocenters. The van der Waals surface area contributed by atoms with Gasteiger partial charge in [0, 0.05) is 24.7 Å². The van der Waals surface area contributed by atoms with Crippen LogP contribution in [0.4, 0.5) is 5.69 Å². The molecule has 0 fully saturated rings. The molecule has 31 heavy (non-hydrogen) atoms. The number of ether oxygens (including phenoxy) is 3. The van der Waals surface area contributed by atoms with Crippen LogP contribution in [0.1, 0.15) is 23.7 Å². The van der Waals surface area contributed by atoms with E-state index in [2.05, 4.69) is 10.3 Å². The molecule has 9 heteroatoms. The quantitative estimate of drug-likeness (QED) is 0.553. The van der Waals surface area contributed by atoms with E-state index in [1.54, 1.807) is 43.3 Å². The summed E-state index contributed by atoms with van der Waals surface area (Å²) < 4.78 is 16.8. The zero-order chi connectivity index (χ0) is 22.4. The van der Waals surface area contributed by atoms with Gasteiger partial charge in [0.05, 0.1) is 43.6 Å². The molecule has 0 aliphatic carbocycles. The number of hydrogen-bond acceptors (Lipinski definition) is 7. The number of amides is 1. The Hall–Kier alpha value is -3.88. The van der Waals surface area contributed by atoms with Gasteiger partial charge in [0.1, 0.15) is 0 Å². The number of carbonyl (C=O) groups excluding carboxylic acids is 2. The maximum atomic E-state index is 12.8. The van der Waals surface area contributed by atoms with E-state index >= 15 is 0 Å². The molecule has 162 valence electrons. The van der Waals surface area contributed by atoms with Crippen LogP contribution < -0.4 is 20.3 Å². The second-order valence-electron chi connectivity index (χ2n) is 6.56. The van der Waals surface area contributed by atoms with E-state index in [0.717, 1.165) is 0 Å². The molecule has 3 aromatic rings. The molecule has 0 bridgehead atoms. The Balaban J connectivity index is 1.68. The number of aryl methyl sites for hydroxylation is 1. The molecule has 0 unspecified atom stereocenters. The van der Waals surface area contributed by atoms with Crippen molar-refractivity contribution in [1.29, 1.82) is 0 Å². The summed E-state index contributed by atoms with van der Waals surface area (Å²) >= 11 is 0. The molecule has 1 N–H and O–H groups in total. The first-order chi connectivity index (χ1) is 15.0. The predicted octanol–water partition coefficient (Wildman–Crippen LogP) is 2.62. The Morgan fingerprint density at radius 3 is 2.39 bits per heavy atom. The van der Waals surface area contributed by atoms with Gasteiger partial charge >= 0.3 is 5.97 Å². The third-order valence-corrected chi connectivity index (χ3v) is 4.59. The summed E-state index contributed by atoms with van der Waals surface area (Å²) in [7, 11) is 3.00. The van der Waals surface area contributed by atoms with Crippen LogP contribution in [0.15, 0.2) is 47.5 Å². The van der Waals surface area contributed by atoms with Gasteiger partial charge in [0.15, 0.2) is 11.5 Å². The molecule has 0 spiro atoms. The highest BCUT2D eigenvalue weighted by atomic mass is 16.5. The lowest BCUT2D eigenvalue weighted by molar-refractivity contribution is -0.116. The van der Waals surface area contributed by atoms with Gasteiger partial charge in [-0.05, 0) is 37.3 Å². The highest BCUT2D eigenvalue weighted by Gasteiger charge is 2.12. The van der Waals surface area contributed by atoms with Crippen LogP contribution in [0.3, 0.4) is 0 Å². The van der Waals surface area contributed by atoms with Gasteiger partial charge in [-0.2, -0.15) is 0 Å². The molecular formula is C22H23N3O6. The molecule has 1 aromatic heterocycles. The lowest BCUT2D eigenvalue weighted by atomic mass is 10.2. The second-order valence-corrected chi connectivity index (χ2v) is 6.56. The summed E-state index contributed by atoms with van der Waals surface area (Å²) in [6.07, 6.45) is 1.47. The van der Waals surface area contributed by atoms with E-state index in [9.17, 15) is 14.4 Å². The first-order valence-corrected chi connectivity index (χ1v) is 9.65. The third kappa shape index (κ3) is 5.00. The van der Waals surface area contributed by atoms with Gasteiger partial charge in [-0.1, -0.05) is 0 Å². The minimum atomic E-state index is -0.419. The molecule has 3 rings (SSSR count). The summed E-state index contributed by atoms with van der Waals surface area (Å²) in [4.78, 5) is 41.0. The van der Waals surface area contributed by atoms with E-state index < -0.39 is 5.97 Å². The standard InChI is InChI=1S/C22H23N3O6/c1-4-31-22(28)14-5-7-15(8-6-14)24-20(26)9-10-25-13-23-17-12-19(30-3)18(29-2)11-16(17)21(25)27/h5-8,11-13H,4,9-10H2,1-3H3,(H,24,26). The summed E-state index contributed by atoms with van der Waals surface area (Å²) in [5.41, 5.74) is 1.14. The number of carbonyl (C=O) groups is 2. The zero-order valence-electron chi connectivity index (χ0n) is 17.5. The number of nitrogens with zero attached hydrogens (tertiary/aromatic N) is 2. The fraction of sp³-hybridized carbons (Fsp3) is 0.273. The van der Waals surface area contributed by atoms with Crippen molar-refractivity contribution in [2.75, 3.05) is 26.1 Å². The van der Waals surface area contributed by atoms with Crippen LogP contribution in [0.2, 0.25) is 0 Å². The minimum absolute atomic E-state index is 0.0695. The molecule has 1 heterocycles. The highest BCUT2D eigenvalue weighted by Crippen LogP contribution is 2.29. The Bertz CT molecular complexity index is 1150. The van der Waals surface area contributed by atoms with Crippen LogP contribution in [-0.4, -0.2) is 42.3 Å². The number of fused-ring (bicyclic) bond motifs is 1. The Labute approximate surface area is 178 Å². The fourth-order valence-corrected chi connectivity index (χ4v) is 2.99. The summed E-state index contributed by atoms with van der Waals surface area (Å²) in [6.45, 7) is 2.18. The van der Waals surface area contributed by atoms with Gasteiger partial charge in [-0.25, -0.2) is 9.78 Å². The smallest absolute Gasteiger partial charge is 0.338 e. The van der Waals surface area contributed by atoms with Crippen LogP contribution in [0, 0.1) is 0 Å². The number of rotatable bonds is 8. The van der Waals surface area contributed by atoms with Crippen molar-refractivity contribution in [3.63, 3.8) is 0 Å². The maximum absolute atomic E-state index is 12.8. The Morgan fingerprint density at radius 1 is 1.06 bits per heavy atom. The second kappa shape index (κ2) is 9.75. The summed E-state index contributed by atoms with van der Waals surface area (Å²) in [5.74, 6) is 0.213. The molecule has 0 aliphatic rings. The van der Waals surface area contributed by atoms with E-state index in [1.807, 2.05) is 0 Å². The van der Waals surface area contributed by atoms with Crippen molar-refractivity contribution >= 4 is 28.5 Å². The largest absolute Gasteiger partial charge is 0.493 e. The van der Waals surface area contributed by atoms with Crippen LogP contribution in [0.5, 0.6) is 11.5 Å². The number of aromatic nitrogens is 2. The number of methoxy groups -OCH3 is 2. The lowest BCUT2D eigenvalue weighted by Crippen LogP contribution is -2.23. The average Bonchev–Trinajstić information content (AvgIpc) is 2.78. The number of benzene rings is 2. The molecule has 0 saturated carbocycles. The van der Waals surface area contributed by atoms with Crippen molar-refractivity contribution in [2.45, 2.75) is 19.9 Å². The number of esters is 1. The van der Waals surface area contributed by atoms with Crippen LogP contribution >= 0.6 is 0 Å². The Morgan fingerprint density at radius 2 is 1.74 bits per heavy atom. The van der Waals surface area contributed by atoms with Gasteiger partial charge in [0.2, 0.25) is 5.91 Å². The van der Waals surface area contributed by atoms with Gasteiger partial charge in [0.25, 0.3) is 5.56 Å². The first kappa shape index (κ1) is 21.8. The summed E-state index contributed by atoms with van der Waals surface area (Å²) in [5, 5.41) is 3.11. The SMILES string of the molecule is CCOC(=O)c1ccc(NC(=O)CCn2cnc3cc(OC)c(OC)cc3c2=O)cc1. The first-order valence-electron chi connectivity index (χ1n) is 9.65. The fourth-order valence-electron chi connectivity index (χ4n) is 2.99. The molecule has 9 nitrogen and oxygen atoms in total. The van der Waals surface area contributed by atoms with Crippen molar-refractivity contribution in [1.82, 2.24) is 9.55 Å². The van der Waals surface area contributed by atoms with E-state index in [-0.39, 0.29) is 24.4 Å². The number of hydrogen-bond donors (Lipinski definition) is 1. The Kier molecular flexibility index (Phi) is 6.86. The minimum Gasteiger partial charge on any atom is -0.493 e. The van der Waals surface area contributed by atoms with Crippen molar-refractivity contribution in [3.05, 3.63) is 58.6 Å². The monoisotopic (exact) mass is 425 g/mol. The van der Waals surface area contributed by atoms with E-state index in [0.29, 0.717) is 40.3 Å². The lowest BCUT2D eigenvalue weighted by Gasteiger charge is -2.11. The van der Waals surface area contributed by atoms with Crippen molar-refractivity contribution < 1.29 is 23.8 Å². The number of anilines is 1. The van der Waals surface area contributed by atoms with Crippen LogP contribution in [-0.2, 0) is 16.1 Å². The third-order valence-electron chi connectivity index (χ3n) is 4.59.